The molecule has 2 N–H and O–H groups in total. The Labute approximate surface area is 103 Å². The van der Waals surface area contributed by atoms with Crippen LogP contribution in [0.25, 0.3) is 0 Å². The maximum absolute atomic E-state index is 11.6. The molecule has 5 heteroatoms. The molecule has 0 bridgehead atoms. The van der Waals surface area contributed by atoms with Gasteiger partial charge >= 0.3 is 6.09 Å². The fourth-order valence-corrected chi connectivity index (χ4v) is 1.01. The number of hydrogen-bond acceptors (Lipinski definition) is 3. The molecule has 0 heterocycles. The molecule has 0 saturated carbocycles. The minimum absolute atomic E-state index is 0.204. The van der Waals surface area contributed by atoms with Gasteiger partial charge < -0.3 is 15.4 Å². The molecule has 0 aliphatic heterocycles. The van der Waals surface area contributed by atoms with Crippen LogP contribution in [0.5, 0.6) is 0 Å². The molecule has 1 atom stereocenters. The molecule has 0 spiro atoms. The van der Waals surface area contributed by atoms with E-state index in [0.29, 0.717) is 12.5 Å². The maximum atomic E-state index is 11.6. The fraction of sp³-hybridized carbons (Fsp3) is 0.833. The molecule has 0 aliphatic carbocycles. The first-order chi connectivity index (χ1) is 7.61. The van der Waals surface area contributed by atoms with Crippen LogP contribution >= 0.6 is 0 Å². The summed E-state index contributed by atoms with van der Waals surface area (Å²) in [6, 6.07) is -0.594. The van der Waals surface area contributed by atoms with Gasteiger partial charge in [-0.3, -0.25) is 4.79 Å². The van der Waals surface area contributed by atoms with E-state index in [-0.39, 0.29) is 5.91 Å². The van der Waals surface area contributed by atoms with E-state index in [1.165, 1.54) is 0 Å². The molecule has 0 radical (unpaired) electrons. The van der Waals surface area contributed by atoms with Crippen LogP contribution in [-0.2, 0) is 9.53 Å². The highest BCUT2D eigenvalue weighted by Gasteiger charge is 2.20. The van der Waals surface area contributed by atoms with Crippen LogP contribution < -0.4 is 10.6 Å². The first-order valence-corrected chi connectivity index (χ1v) is 5.89. The maximum Gasteiger partial charge on any atom is 0.408 e. The Kier molecular flexibility index (Phi) is 5.99. The Morgan fingerprint density at radius 1 is 1.18 bits per heavy atom. The van der Waals surface area contributed by atoms with Crippen LogP contribution in [-0.4, -0.2) is 30.2 Å². The van der Waals surface area contributed by atoms with Gasteiger partial charge in [0, 0.05) is 6.54 Å². The lowest BCUT2D eigenvalue weighted by Crippen LogP contribution is -2.47. The molecule has 5 nitrogen and oxygen atoms in total. The summed E-state index contributed by atoms with van der Waals surface area (Å²) in [5.74, 6) is 0.178. The van der Waals surface area contributed by atoms with Gasteiger partial charge in [0.1, 0.15) is 11.6 Å². The fourth-order valence-electron chi connectivity index (χ4n) is 1.01. The second-order valence-corrected chi connectivity index (χ2v) is 5.51. The van der Waals surface area contributed by atoms with Crippen molar-refractivity contribution in [1.82, 2.24) is 10.6 Å². The molecule has 17 heavy (non-hydrogen) atoms. The lowest BCUT2D eigenvalue weighted by Gasteiger charge is -2.21. The first kappa shape index (κ1) is 15.7. The zero-order valence-electron chi connectivity index (χ0n) is 11.6. The van der Waals surface area contributed by atoms with E-state index in [1.807, 2.05) is 13.8 Å². The molecule has 1 unspecified atom stereocenters. The number of amides is 2. The van der Waals surface area contributed by atoms with Gasteiger partial charge in [0.15, 0.2) is 0 Å². The van der Waals surface area contributed by atoms with Gasteiger partial charge in [-0.1, -0.05) is 13.8 Å². The molecule has 0 rings (SSSR count). The van der Waals surface area contributed by atoms with Gasteiger partial charge in [-0.25, -0.2) is 4.79 Å². The Morgan fingerprint density at radius 2 is 1.71 bits per heavy atom. The van der Waals surface area contributed by atoms with Crippen molar-refractivity contribution >= 4 is 12.0 Å². The predicted molar refractivity (Wildman–Crippen MR) is 66.7 cm³/mol. The number of rotatable bonds is 4. The SMILES string of the molecule is CC(C)CNC(=O)C(C)NC(=O)OC(C)(C)C. The molecule has 0 saturated heterocycles. The summed E-state index contributed by atoms with van der Waals surface area (Å²) in [4.78, 5) is 23.0. The van der Waals surface area contributed by atoms with Crippen molar-refractivity contribution in [2.75, 3.05) is 6.54 Å². The van der Waals surface area contributed by atoms with E-state index >= 15 is 0 Å². The Balaban J connectivity index is 4.03. The monoisotopic (exact) mass is 244 g/mol. The Hall–Kier alpha value is -1.26. The van der Waals surface area contributed by atoms with E-state index in [4.69, 9.17) is 4.74 Å². The van der Waals surface area contributed by atoms with Crippen molar-refractivity contribution in [1.29, 1.82) is 0 Å². The molecule has 0 aromatic rings. The van der Waals surface area contributed by atoms with Gasteiger partial charge in [-0.2, -0.15) is 0 Å². The highest BCUT2D eigenvalue weighted by atomic mass is 16.6. The van der Waals surface area contributed by atoms with Crippen LogP contribution in [0.2, 0.25) is 0 Å². The summed E-state index contributed by atoms with van der Waals surface area (Å²) in [5.41, 5.74) is -0.557. The van der Waals surface area contributed by atoms with Crippen LogP contribution in [0.15, 0.2) is 0 Å². The third-order valence-corrected chi connectivity index (χ3v) is 1.81. The Bertz CT molecular complexity index is 269. The second kappa shape index (κ2) is 6.47. The molecule has 0 aromatic heterocycles. The van der Waals surface area contributed by atoms with Gasteiger partial charge in [-0.05, 0) is 33.6 Å². The zero-order valence-corrected chi connectivity index (χ0v) is 11.6. The smallest absolute Gasteiger partial charge is 0.408 e. The lowest BCUT2D eigenvalue weighted by atomic mass is 10.2. The predicted octanol–water partition coefficient (Wildman–Crippen LogP) is 1.67. The highest BCUT2D eigenvalue weighted by Crippen LogP contribution is 2.06. The summed E-state index contributed by atoms with van der Waals surface area (Å²) in [6.07, 6.45) is -0.579. The molecule has 2 amide bonds. The summed E-state index contributed by atoms with van der Waals surface area (Å²) in [6.45, 7) is 11.6. The van der Waals surface area contributed by atoms with Crippen molar-refractivity contribution in [2.45, 2.75) is 53.2 Å². The standard InChI is InChI=1S/C12H24N2O3/c1-8(2)7-13-10(15)9(3)14-11(16)17-12(4,5)6/h8-9H,7H2,1-6H3,(H,13,15)(H,14,16). The van der Waals surface area contributed by atoms with Crippen LogP contribution in [0.3, 0.4) is 0 Å². The van der Waals surface area contributed by atoms with Crippen LogP contribution in [0.4, 0.5) is 4.79 Å². The first-order valence-electron chi connectivity index (χ1n) is 5.89. The van der Waals surface area contributed by atoms with Gasteiger partial charge in [0.05, 0.1) is 0 Å². The van der Waals surface area contributed by atoms with Crippen molar-refractivity contribution in [3.8, 4) is 0 Å². The van der Waals surface area contributed by atoms with Crippen molar-refractivity contribution in [3.63, 3.8) is 0 Å². The third kappa shape index (κ3) is 8.54. The number of hydrogen-bond donors (Lipinski definition) is 2. The Morgan fingerprint density at radius 3 is 2.12 bits per heavy atom. The van der Waals surface area contributed by atoms with Gasteiger partial charge in [0.2, 0.25) is 5.91 Å². The summed E-state index contributed by atoms with van der Waals surface area (Å²) >= 11 is 0. The number of carbonyl (C=O) groups excluding carboxylic acids is 2. The summed E-state index contributed by atoms with van der Waals surface area (Å²) < 4.78 is 5.05. The van der Waals surface area contributed by atoms with Crippen LogP contribution in [0.1, 0.15) is 41.5 Å². The van der Waals surface area contributed by atoms with Crippen LogP contribution in [0, 0.1) is 5.92 Å². The molecule has 0 fully saturated rings. The average Bonchev–Trinajstić information content (AvgIpc) is 2.10. The topological polar surface area (TPSA) is 67.4 Å². The molecule has 100 valence electrons. The number of ether oxygens (including phenoxy) is 1. The molecule has 0 aromatic carbocycles. The van der Waals surface area contributed by atoms with E-state index in [0.717, 1.165) is 0 Å². The van der Waals surface area contributed by atoms with Crippen molar-refractivity contribution in [3.05, 3.63) is 0 Å². The second-order valence-electron chi connectivity index (χ2n) is 5.51. The number of nitrogens with one attached hydrogen (secondary N) is 2. The molecule has 0 aliphatic rings. The lowest BCUT2D eigenvalue weighted by molar-refractivity contribution is -0.122. The largest absolute Gasteiger partial charge is 0.444 e. The van der Waals surface area contributed by atoms with Crippen molar-refractivity contribution < 1.29 is 14.3 Å². The average molecular weight is 244 g/mol. The number of alkyl carbamates (subject to hydrolysis) is 1. The molecular formula is C12H24N2O3. The minimum atomic E-state index is -0.594. The van der Waals surface area contributed by atoms with E-state index in [2.05, 4.69) is 10.6 Å². The minimum Gasteiger partial charge on any atom is -0.444 e. The van der Waals surface area contributed by atoms with E-state index in [1.54, 1.807) is 27.7 Å². The summed E-state index contributed by atoms with van der Waals surface area (Å²) in [5, 5.41) is 5.23. The zero-order chi connectivity index (χ0) is 13.6. The quantitative estimate of drug-likeness (QED) is 0.790. The highest BCUT2D eigenvalue weighted by molar-refractivity contribution is 5.85. The van der Waals surface area contributed by atoms with E-state index < -0.39 is 17.7 Å². The molecular weight excluding hydrogens is 220 g/mol. The number of carbonyl (C=O) groups is 2. The van der Waals surface area contributed by atoms with Crippen molar-refractivity contribution in [2.24, 2.45) is 5.92 Å². The third-order valence-electron chi connectivity index (χ3n) is 1.81. The van der Waals surface area contributed by atoms with E-state index in [9.17, 15) is 9.59 Å². The van der Waals surface area contributed by atoms with Gasteiger partial charge in [0.25, 0.3) is 0 Å². The summed E-state index contributed by atoms with van der Waals surface area (Å²) in [7, 11) is 0. The normalized spacial score (nSPS) is 13.1. The van der Waals surface area contributed by atoms with Gasteiger partial charge in [-0.15, -0.1) is 0 Å².